The molecular formula is C22H20ClF6N5O. The molecule has 1 amide bonds. The Kier molecular flexibility index (Phi) is 7.75. The summed E-state index contributed by atoms with van der Waals surface area (Å²) in [4.78, 5) is 14.3. The summed E-state index contributed by atoms with van der Waals surface area (Å²) in [6, 6.07) is 4.79. The Labute approximate surface area is 202 Å². The number of carbonyl (C=O) groups excluding carboxylic acids is 1. The van der Waals surface area contributed by atoms with Crippen LogP contribution in [-0.4, -0.2) is 38.4 Å². The lowest BCUT2D eigenvalue weighted by Crippen LogP contribution is -2.41. The molecule has 4 rings (SSSR count). The Hall–Kier alpha value is -3.12. The van der Waals surface area contributed by atoms with Crippen molar-refractivity contribution in [3.8, 4) is 11.3 Å². The Morgan fingerprint density at radius 2 is 1.69 bits per heavy atom. The fourth-order valence-corrected chi connectivity index (χ4v) is 3.83. The Morgan fingerprint density at radius 1 is 1.03 bits per heavy atom. The van der Waals surface area contributed by atoms with Gasteiger partial charge in [-0.2, -0.15) is 13.2 Å². The average molecular weight is 520 g/mol. The Bertz CT molecular complexity index is 1210. The van der Waals surface area contributed by atoms with Gasteiger partial charge in [-0.3, -0.25) is 4.79 Å². The highest BCUT2D eigenvalue weighted by Gasteiger charge is 2.31. The van der Waals surface area contributed by atoms with Crippen molar-refractivity contribution in [2.75, 3.05) is 6.54 Å². The summed E-state index contributed by atoms with van der Waals surface area (Å²) < 4.78 is 80.5. The van der Waals surface area contributed by atoms with E-state index in [4.69, 9.17) is 5.73 Å². The summed E-state index contributed by atoms with van der Waals surface area (Å²) in [5, 5.41) is 8.07. The highest BCUT2D eigenvalue weighted by molar-refractivity contribution is 5.85. The van der Waals surface area contributed by atoms with Gasteiger partial charge in [-0.1, -0.05) is 17.3 Å². The van der Waals surface area contributed by atoms with Gasteiger partial charge in [0, 0.05) is 30.6 Å². The number of hydrogen-bond donors (Lipinski definition) is 1. The van der Waals surface area contributed by atoms with Crippen LogP contribution in [0, 0.1) is 17.5 Å². The molecule has 0 saturated heterocycles. The largest absolute Gasteiger partial charge is 0.416 e. The third kappa shape index (κ3) is 5.76. The van der Waals surface area contributed by atoms with Crippen LogP contribution in [0.3, 0.4) is 0 Å². The van der Waals surface area contributed by atoms with E-state index in [9.17, 15) is 31.1 Å². The topological polar surface area (TPSA) is 77.0 Å². The molecule has 13 heteroatoms. The highest BCUT2D eigenvalue weighted by atomic mass is 35.5. The van der Waals surface area contributed by atoms with E-state index in [1.807, 2.05) is 0 Å². The first-order valence-electron chi connectivity index (χ1n) is 10.3. The van der Waals surface area contributed by atoms with Gasteiger partial charge in [-0.25, -0.2) is 17.9 Å². The minimum Gasteiger partial charge on any atom is -0.335 e. The van der Waals surface area contributed by atoms with Crippen LogP contribution in [0.1, 0.15) is 23.2 Å². The Morgan fingerprint density at radius 3 is 2.34 bits per heavy atom. The van der Waals surface area contributed by atoms with Crippen molar-refractivity contribution in [3.05, 3.63) is 70.7 Å². The first-order chi connectivity index (χ1) is 16.0. The molecule has 0 fully saturated rings. The van der Waals surface area contributed by atoms with Crippen molar-refractivity contribution in [1.82, 2.24) is 19.9 Å². The summed E-state index contributed by atoms with van der Waals surface area (Å²) in [6.07, 6.45) is -4.80. The van der Waals surface area contributed by atoms with Gasteiger partial charge in [0.05, 0.1) is 24.3 Å². The number of alkyl halides is 3. The lowest BCUT2D eigenvalue weighted by Gasteiger charge is -2.28. The zero-order chi connectivity index (χ0) is 24.6. The minimum atomic E-state index is -4.46. The molecule has 188 valence electrons. The van der Waals surface area contributed by atoms with Gasteiger partial charge in [0.1, 0.15) is 11.5 Å². The monoisotopic (exact) mass is 519 g/mol. The summed E-state index contributed by atoms with van der Waals surface area (Å²) in [5.74, 6) is -3.81. The second-order valence-corrected chi connectivity index (χ2v) is 8.02. The van der Waals surface area contributed by atoms with Crippen molar-refractivity contribution in [1.29, 1.82) is 0 Å². The predicted molar refractivity (Wildman–Crippen MR) is 116 cm³/mol. The predicted octanol–water partition coefficient (Wildman–Crippen LogP) is 4.11. The molecule has 2 heterocycles. The molecule has 0 spiro atoms. The molecule has 3 aromatic rings. The van der Waals surface area contributed by atoms with Crippen LogP contribution in [0.5, 0.6) is 0 Å². The molecule has 6 nitrogen and oxygen atoms in total. The van der Waals surface area contributed by atoms with Gasteiger partial charge in [0.25, 0.3) is 0 Å². The van der Waals surface area contributed by atoms with Crippen LogP contribution in [0.15, 0.2) is 36.4 Å². The molecule has 1 atom stereocenters. The number of amides is 1. The second kappa shape index (κ2) is 10.2. The third-order valence-electron chi connectivity index (χ3n) is 5.61. The molecule has 1 aromatic heterocycles. The van der Waals surface area contributed by atoms with Crippen molar-refractivity contribution >= 4 is 18.3 Å². The van der Waals surface area contributed by atoms with Gasteiger partial charge >= 0.3 is 6.18 Å². The van der Waals surface area contributed by atoms with Gasteiger partial charge < -0.3 is 10.6 Å². The van der Waals surface area contributed by atoms with Crippen molar-refractivity contribution in [2.45, 2.75) is 38.1 Å². The molecule has 1 aliphatic rings. The molecular weight excluding hydrogens is 500 g/mol. The summed E-state index contributed by atoms with van der Waals surface area (Å²) in [6.45, 7) is 0.726. The maximum absolute atomic E-state index is 13.9. The zero-order valence-corrected chi connectivity index (χ0v) is 18.8. The maximum atomic E-state index is 13.9. The fraction of sp³-hybridized carbons (Fsp3) is 0.318. The van der Waals surface area contributed by atoms with E-state index in [2.05, 4.69) is 10.3 Å². The lowest BCUT2D eigenvalue weighted by molar-refractivity contribution is -0.137. The number of carbonyl (C=O) groups is 1. The van der Waals surface area contributed by atoms with Crippen molar-refractivity contribution in [2.24, 2.45) is 5.73 Å². The van der Waals surface area contributed by atoms with Crippen LogP contribution in [0.25, 0.3) is 11.3 Å². The molecule has 2 N–H and O–H groups in total. The standard InChI is InChI=1S/C22H19F6N5O.ClH/c23-16-10-18(25)17(24)8-13(16)7-15(29)9-20(34)32-5-6-33-19(11-32)21(30-31-33)12-1-3-14(4-2-12)22(26,27)28;/h1-4,8,10,15H,5-7,9,11,29H2;1H/t15-;/m1./s1. The van der Waals surface area contributed by atoms with Crippen molar-refractivity contribution < 1.29 is 31.1 Å². The number of aromatic nitrogens is 3. The van der Waals surface area contributed by atoms with Crippen LogP contribution < -0.4 is 5.73 Å². The highest BCUT2D eigenvalue weighted by Crippen LogP contribution is 2.32. The molecule has 0 aliphatic carbocycles. The first kappa shape index (κ1) is 26.5. The molecule has 35 heavy (non-hydrogen) atoms. The molecule has 1 aliphatic heterocycles. The van der Waals surface area contributed by atoms with E-state index in [1.54, 1.807) is 4.68 Å². The Balaban J connectivity index is 0.00000342. The van der Waals surface area contributed by atoms with E-state index in [1.165, 1.54) is 17.0 Å². The SMILES string of the molecule is Cl.N[C@@H](CC(=O)N1CCn2nnc(-c3ccc(C(F)(F)F)cc3)c2C1)Cc1cc(F)c(F)cc1F. The summed E-state index contributed by atoms with van der Waals surface area (Å²) in [7, 11) is 0. The number of benzene rings is 2. The maximum Gasteiger partial charge on any atom is 0.416 e. The molecule has 2 aromatic carbocycles. The van der Waals surface area contributed by atoms with Gasteiger partial charge in [-0.15, -0.1) is 17.5 Å². The van der Waals surface area contributed by atoms with E-state index in [0.717, 1.165) is 18.2 Å². The third-order valence-corrected chi connectivity index (χ3v) is 5.61. The van der Waals surface area contributed by atoms with Gasteiger partial charge in [-0.05, 0) is 30.2 Å². The van der Waals surface area contributed by atoms with Crippen molar-refractivity contribution in [3.63, 3.8) is 0 Å². The molecule has 0 bridgehead atoms. The van der Waals surface area contributed by atoms with Crippen LogP contribution in [-0.2, 0) is 30.5 Å². The summed E-state index contributed by atoms with van der Waals surface area (Å²) >= 11 is 0. The second-order valence-electron chi connectivity index (χ2n) is 8.02. The minimum absolute atomic E-state index is 0. The van der Waals surface area contributed by atoms with E-state index >= 15 is 0 Å². The lowest BCUT2D eigenvalue weighted by atomic mass is 10.0. The average Bonchev–Trinajstić information content (AvgIpc) is 3.20. The van der Waals surface area contributed by atoms with Crippen LogP contribution in [0.2, 0.25) is 0 Å². The van der Waals surface area contributed by atoms with Crippen LogP contribution >= 0.6 is 12.4 Å². The van der Waals surface area contributed by atoms with E-state index < -0.39 is 35.2 Å². The number of rotatable bonds is 5. The number of hydrogen-bond acceptors (Lipinski definition) is 4. The quantitative estimate of drug-likeness (QED) is 0.407. The van der Waals surface area contributed by atoms with Gasteiger partial charge in [0.2, 0.25) is 5.91 Å². The summed E-state index contributed by atoms with van der Waals surface area (Å²) in [5.41, 5.74) is 6.38. The smallest absolute Gasteiger partial charge is 0.335 e. The van der Waals surface area contributed by atoms with Gasteiger partial charge in [0.15, 0.2) is 11.6 Å². The van der Waals surface area contributed by atoms with Crippen LogP contribution in [0.4, 0.5) is 26.3 Å². The number of halogens is 7. The normalized spacial score (nSPS) is 14.3. The number of fused-ring (bicyclic) bond motifs is 1. The molecule has 0 saturated carbocycles. The fourth-order valence-electron chi connectivity index (χ4n) is 3.83. The zero-order valence-electron chi connectivity index (χ0n) is 18.0. The molecule has 0 radical (unpaired) electrons. The number of nitrogens with zero attached hydrogens (tertiary/aromatic N) is 4. The van der Waals surface area contributed by atoms with E-state index in [-0.39, 0.29) is 43.3 Å². The number of nitrogens with two attached hydrogens (primary N) is 1. The van der Waals surface area contributed by atoms with E-state index in [0.29, 0.717) is 36.1 Å². The molecule has 0 unspecified atom stereocenters. The first-order valence-corrected chi connectivity index (χ1v) is 10.3.